The molecule has 0 amide bonds. The van der Waals surface area contributed by atoms with Crippen LogP contribution in [0.4, 0.5) is 5.69 Å². The number of benzene rings is 1. The molecule has 1 aromatic carbocycles. The van der Waals surface area contributed by atoms with Gasteiger partial charge < -0.3 is 20.9 Å². The van der Waals surface area contributed by atoms with Crippen molar-refractivity contribution >= 4 is 17.3 Å². The number of ether oxygens (including phenoxy) is 1. The molecule has 0 unspecified atom stereocenters. The lowest BCUT2D eigenvalue weighted by atomic mass is 10.3. The molecule has 0 bridgehead atoms. The maximum atomic E-state index is 8.54. The second-order valence-corrected chi connectivity index (χ2v) is 3.71. The molecule has 0 aliphatic carbocycles. The second-order valence-electron chi connectivity index (χ2n) is 3.33. The average Bonchev–Trinajstić information content (AvgIpc) is 2.29. The molecule has 5 heteroatoms. The SMILES string of the molecule is Nc1cccc(OCCCNCCO)c1Cl. The van der Waals surface area contributed by atoms with Crippen molar-refractivity contribution in [2.75, 3.05) is 32.0 Å². The molecule has 0 saturated carbocycles. The third-order valence-corrected chi connectivity index (χ3v) is 2.44. The topological polar surface area (TPSA) is 67.5 Å². The van der Waals surface area contributed by atoms with Crippen LogP contribution < -0.4 is 15.8 Å². The van der Waals surface area contributed by atoms with E-state index < -0.39 is 0 Å². The van der Waals surface area contributed by atoms with Crippen LogP contribution in [0.1, 0.15) is 6.42 Å². The molecule has 4 nitrogen and oxygen atoms in total. The standard InChI is InChI=1S/C11H17ClN2O2/c12-11-9(13)3-1-4-10(11)16-8-2-5-14-6-7-15/h1,3-4,14-15H,2,5-8,13H2. The van der Waals surface area contributed by atoms with Crippen LogP contribution in [-0.2, 0) is 0 Å². The summed E-state index contributed by atoms with van der Waals surface area (Å²) in [5, 5.41) is 12.1. The molecule has 16 heavy (non-hydrogen) atoms. The quantitative estimate of drug-likeness (QED) is 0.499. The lowest BCUT2D eigenvalue weighted by molar-refractivity contribution is 0.282. The van der Waals surface area contributed by atoms with E-state index in [1.54, 1.807) is 18.2 Å². The smallest absolute Gasteiger partial charge is 0.139 e. The molecular weight excluding hydrogens is 228 g/mol. The number of nitrogens with two attached hydrogens (primary N) is 1. The van der Waals surface area contributed by atoms with Gasteiger partial charge in [0.2, 0.25) is 0 Å². The highest BCUT2D eigenvalue weighted by molar-refractivity contribution is 6.34. The Balaban J connectivity index is 2.24. The normalized spacial score (nSPS) is 10.4. The van der Waals surface area contributed by atoms with Crippen molar-refractivity contribution in [2.24, 2.45) is 0 Å². The van der Waals surface area contributed by atoms with Crippen LogP contribution in [0.25, 0.3) is 0 Å². The molecule has 0 aliphatic heterocycles. The van der Waals surface area contributed by atoms with Gasteiger partial charge in [-0.15, -0.1) is 0 Å². The monoisotopic (exact) mass is 244 g/mol. The number of hydrogen-bond donors (Lipinski definition) is 3. The zero-order valence-electron chi connectivity index (χ0n) is 9.08. The fourth-order valence-electron chi connectivity index (χ4n) is 1.22. The van der Waals surface area contributed by atoms with E-state index in [1.807, 2.05) is 0 Å². The van der Waals surface area contributed by atoms with Gasteiger partial charge in [-0.2, -0.15) is 0 Å². The van der Waals surface area contributed by atoms with Crippen LogP contribution in [0.15, 0.2) is 18.2 Å². The fourth-order valence-corrected chi connectivity index (χ4v) is 1.40. The van der Waals surface area contributed by atoms with E-state index in [1.165, 1.54) is 0 Å². The number of halogens is 1. The Morgan fingerprint density at radius 2 is 2.19 bits per heavy atom. The van der Waals surface area contributed by atoms with E-state index in [-0.39, 0.29) is 6.61 Å². The minimum absolute atomic E-state index is 0.155. The summed E-state index contributed by atoms with van der Waals surface area (Å²) in [6.07, 6.45) is 0.852. The first-order chi connectivity index (χ1) is 7.75. The zero-order valence-corrected chi connectivity index (χ0v) is 9.83. The minimum atomic E-state index is 0.155. The van der Waals surface area contributed by atoms with Gasteiger partial charge in [0.25, 0.3) is 0 Å². The summed E-state index contributed by atoms with van der Waals surface area (Å²) in [5.41, 5.74) is 6.16. The highest BCUT2D eigenvalue weighted by atomic mass is 35.5. The van der Waals surface area contributed by atoms with Crippen LogP contribution in [-0.4, -0.2) is 31.4 Å². The molecule has 0 heterocycles. The van der Waals surface area contributed by atoms with Gasteiger partial charge in [-0.1, -0.05) is 17.7 Å². The largest absolute Gasteiger partial charge is 0.492 e. The summed E-state index contributed by atoms with van der Waals surface area (Å²) in [7, 11) is 0. The van der Waals surface area contributed by atoms with Crippen LogP contribution in [0.3, 0.4) is 0 Å². The van der Waals surface area contributed by atoms with Crippen LogP contribution >= 0.6 is 11.6 Å². The van der Waals surface area contributed by atoms with E-state index >= 15 is 0 Å². The van der Waals surface area contributed by atoms with Crippen molar-refractivity contribution in [1.82, 2.24) is 5.32 Å². The van der Waals surface area contributed by atoms with E-state index in [4.69, 9.17) is 27.2 Å². The highest BCUT2D eigenvalue weighted by Crippen LogP contribution is 2.29. The van der Waals surface area contributed by atoms with Crippen molar-refractivity contribution in [2.45, 2.75) is 6.42 Å². The van der Waals surface area contributed by atoms with Gasteiger partial charge in [-0.3, -0.25) is 0 Å². The van der Waals surface area contributed by atoms with Gasteiger partial charge in [0.05, 0.1) is 18.9 Å². The van der Waals surface area contributed by atoms with Crippen molar-refractivity contribution in [3.8, 4) is 5.75 Å². The summed E-state index contributed by atoms with van der Waals surface area (Å²) < 4.78 is 5.48. The van der Waals surface area contributed by atoms with Crippen LogP contribution in [0, 0.1) is 0 Å². The Morgan fingerprint density at radius 1 is 1.38 bits per heavy atom. The number of nitrogens with one attached hydrogen (secondary N) is 1. The molecule has 0 fully saturated rings. The molecule has 0 aromatic heterocycles. The first kappa shape index (κ1) is 13.1. The highest BCUT2D eigenvalue weighted by Gasteiger charge is 2.03. The molecule has 90 valence electrons. The second kappa shape index (κ2) is 7.33. The molecule has 0 spiro atoms. The zero-order chi connectivity index (χ0) is 11.8. The third-order valence-electron chi connectivity index (χ3n) is 2.04. The fraction of sp³-hybridized carbons (Fsp3) is 0.455. The van der Waals surface area contributed by atoms with Gasteiger partial charge in [0, 0.05) is 6.54 Å². The Kier molecular flexibility index (Phi) is 6.00. The number of rotatable bonds is 7. The summed E-state index contributed by atoms with van der Waals surface area (Å²) in [6, 6.07) is 5.33. The lowest BCUT2D eigenvalue weighted by Crippen LogP contribution is -2.20. The summed E-state index contributed by atoms with van der Waals surface area (Å²) in [4.78, 5) is 0. The number of aliphatic hydroxyl groups is 1. The number of aliphatic hydroxyl groups excluding tert-OH is 1. The lowest BCUT2D eigenvalue weighted by Gasteiger charge is -2.09. The maximum Gasteiger partial charge on any atom is 0.139 e. The molecule has 1 rings (SSSR count). The molecule has 1 aromatic rings. The minimum Gasteiger partial charge on any atom is -0.492 e. The van der Waals surface area contributed by atoms with Crippen LogP contribution in [0.5, 0.6) is 5.75 Å². The first-order valence-electron chi connectivity index (χ1n) is 5.24. The first-order valence-corrected chi connectivity index (χ1v) is 5.62. The van der Waals surface area contributed by atoms with E-state index in [0.29, 0.717) is 29.6 Å². The molecule has 0 aliphatic rings. The van der Waals surface area contributed by atoms with Crippen molar-refractivity contribution in [3.63, 3.8) is 0 Å². The summed E-state index contributed by atoms with van der Waals surface area (Å²) in [5.74, 6) is 0.615. The van der Waals surface area contributed by atoms with E-state index in [9.17, 15) is 0 Å². The van der Waals surface area contributed by atoms with Crippen LogP contribution in [0.2, 0.25) is 5.02 Å². The molecule has 0 atom stereocenters. The van der Waals surface area contributed by atoms with Crippen molar-refractivity contribution in [3.05, 3.63) is 23.2 Å². The Labute approximate surface area is 100 Å². The van der Waals surface area contributed by atoms with Crippen molar-refractivity contribution in [1.29, 1.82) is 0 Å². The van der Waals surface area contributed by atoms with E-state index in [0.717, 1.165) is 13.0 Å². The van der Waals surface area contributed by atoms with Gasteiger partial charge in [-0.25, -0.2) is 0 Å². The number of nitrogen functional groups attached to an aromatic ring is 1. The summed E-state index contributed by atoms with van der Waals surface area (Å²) in [6.45, 7) is 2.14. The maximum absolute atomic E-state index is 8.54. The Bertz CT molecular complexity index is 321. The van der Waals surface area contributed by atoms with Gasteiger partial charge in [0.15, 0.2) is 0 Å². The number of anilines is 1. The summed E-state index contributed by atoms with van der Waals surface area (Å²) >= 11 is 5.96. The Hall–Kier alpha value is -0.970. The average molecular weight is 245 g/mol. The predicted molar refractivity (Wildman–Crippen MR) is 65.9 cm³/mol. The van der Waals surface area contributed by atoms with E-state index in [2.05, 4.69) is 5.32 Å². The number of hydrogen-bond acceptors (Lipinski definition) is 4. The Morgan fingerprint density at radius 3 is 2.94 bits per heavy atom. The van der Waals surface area contributed by atoms with Gasteiger partial charge in [-0.05, 0) is 25.1 Å². The van der Waals surface area contributed by atoms with Gasteiger partial charge >= 0.3 is 0 Å². The molecule has 4 N–H and O–H groups in total. The third kappa shape index (κ3) is 4.26. The molecule has 0 saturated heterocycles. The predicted octanol–water partition coefficient (Wildman–Crippen LogP) is 1.27. The molecular formula is C11H17ClN2O2. The van der Waals surface area contributed by atoms with Gasteiger partial charge in [0.1, 0.15) is 10.8 Å². The van der Waals surface area contributed by atoms with Crippen molar-refractivity contribution < 1.29 is 9.84 Å². The molecule has 0 radical (unpaired) electrons.